The van der Waals surface area contributed by atoms with Crippen molar-refractivity contribution in [1.82, 2.24) is 4.98 Å². The van der Waals surface area contributed by atoms with Crippen molar-refractivity contribution in [3.8, 4) is 22.5 Å². The summed E-state index contributed by atoms with van der Waals surface area (Å²) < 4.78 is 0. The maximum atomic E-state index is 4.65. The fraction of sp³-hybridized carbons (Fsp3) is 0. The van der Waals surface area contributed by atoms with Gasteiger partial charge in [-0.25, -0.2) is 0 Å². The summed E-state index contributed by atoms with van der Waals surface area (Å²) in [5.74, 6) is 0. The molecule has 3 aromatic rings. The van der Waals surface area contributed by atoms with Crippen LogP contribution in [0.25, 0.3) is 22.5 Å². The van der Waals surface area contributed by atoms with Gasteiger partial charge in [0.25, 0.3) is 0 Å². The third kappa shape index (κ3) is 4.41. The average molecular weight is 315 g/mol. The summed E-state index contributed by atoms with van der Waals surface area (Å²) in [5, 5.41) is 0. The van der Waals surface area contributed by atoms with Crippen LogP contribution in [-0.2, 0) is 16.5 Å². The molecule has 0 amide bonds. The zero-order chi connectivity index (χ0) is 14.2. The molecule has 2 heteroatoms. The summed E-state index contributed by atoms with van der Waals surface area (Å²) in [6, 6.07) is 28.1. The smallest absolute Gasteiger partial charge is 0.521 e. The third-order valence-electron chi connectivity index (χ3n) is 2.72. The second-order valence-corrected chi connectivity index (χ2v) is 3.96. The van der Waals surface area contributed by atoms with Gasteiger partial charge in [0.2, 0.25) is 0 Å². The second-order valence-electron chi connectivity index (χ2n) is 3.96. The molecule has 0 aliphatic heterocycles. The van der Waals surface area contributed by atoms with Crippen LogP contribution in [0.2, 0.25) is 0 Å². The Morgan fingerprint density at radius 1 is 0.714 bits per heavy atom. The molecule has 0 fully saturated rings. The Kier molecular flexibility index (Phi) is 7.14. The summed E-state index contributed by atoms with van der Waals surface area (Å²) in [6.07, 6.45) is 0. The van der Waals surface area contributed by atoms with Gasteiger partial charge in [-0.2, -0.15) is 0 Å². The minimum atomic E-state index is 0. The number of aromatic nitrogens is 1. The Bertz CT molecular complexity index is 596. The average Bonchev–Trinajstić information content (AvgIpc) is 2.58. The van der Waals surface area contributed by atoms with Crippen molar-refractivity contribution in [2.24, 2.45) is 0 Å². The molecule has 0 unspecified atom stereocenters. The molecule has 1 radical (unpaired) electrons. The predicted octanol–water partition coefficient (Wildman–Crippen LogP) is 4.62. The zero-order valence-electron chi connectivity index (χ0n) is 11.4. The van der Waals surface area contributed by atoms with E-state index in [-0.39, 0.29) is 16.5 Å². The van der Waals surface area contributed by atoms with E-state index in [0.29, 0.717) is 0 Å². The molecule has 0 aliphatic rings. The molecule has 1 nitrogen and oxygen atoms in total. The van der Waals surface area contributed by atoms with Crippen molar-refractivity contribution in [3.05, 3.63) is 92.0 Å². The van der Waals surface area contributed by atoms with Gasteiger partial charge in [0, 0.05) is 0 Å². The fourth-order valence-corrected chi connectivity index (χ4v) is 1.84. The van der Waals surface area contributed by atoms with Crippen LogP contribution < -0.4 is 0 Å². The minimum Gasteiger partial charge on any atom is -0.521 e. The predicted molar refractivity (Wildman–Crippen MR) is 82.7 cm³/mol. The van der Waals surface area contributed by atoms with Crippen molar-refractivity contribution in [2.75, 3.05) is 0 Å². The van der Waals surface area contributed by atoms with Crippen LogP contribution in [0, 0.1) is 18.7 Å². The molecule has 21 heavy (non-hydrogen) atoms. The first-order chi connectivity index (χ1) is 9.93. The van der Waals surface area contributed by atoms with Crippen LogP contribution in [-0.4, -0.2) is 4.98 Å². The Balaban J connectivity index is 0.000000706. The standard InChI is InChI=1S/C17H11N.C2H3.Ni/c1-3-8-14(9-4-1)16-12-7-13-17(18-16)15-10-5-2-6-11-15;1-2;/h1-8,10,12-13H;1H,2H2;/q-2;-1;+3. The first-order valence-electron chi connectivity index (χ1n) is 6.25. The molecule has 0 saturated heterocycles. The number of nitrogens with zero attached hydrogens (tertiary/aromatic N) is 1. The maximum Gasteiger partial charge on any atom is 3.00 e. The van der Waals surface area contributed by atoms with E-state index in [1.54, 1.807) is 0 Å². The minimum absolute atomic E-state index is 0. The normalized spacial score (nSPS) is 8.95. The number of benzene rings is 2. The number of pyridine rings is 1. The molecule has 0 spiro atoms. The fourth-order valence-electron chi connectivity index (χ4n) is 1.84. The van der Waals surface area contributed by atoms with Gasteiger partial charge in [0.1, 0.15) is 0 Å². The molecule has 0 aliphatic carbocycles. The Morgan fingerprint density at radius 3 is 1.57 bits per heavy atom. The molecule has 3 rings (SSSR count). The largest absolute Gasteiger partial charge is 3.00 e. The van der Waals surface area contributed by atoms with Crippen molar-refractivity contribution in [3.63, 3.8) is 0 Å². The quantitative estimate of drug-likeness (QED) is 0.497. The molecule has 2 aromatic carbocycles. The molecule has 1 aromatic heterocycles. The summed E-state index contributed by atoms with van der Waals surface area (Å²) in [6.45, 7) is 7.00. The summed E-state index contributed by atoms with van der Waals surface area (Å²) >= 11 is 0. The van der Waals surface area contributed by atoms with Crippen molar-refractivity contribution < 1.29 is 16.5 Å². The van der Waals surface area contributed by atoms with Crippen LogP contribution in [0.4, 0.5) is 0 Å². The number of rotatable bonds is 2. The Morgan fingerprint density at radius 2 is 1.19 bits per heavy atom. The molecule has 0 atom stereocenters. The van der Waals surface area contributed by atoms with E-state index in [4.69, 9.17) is 0 Å². The number of hydrogen-bond donors (Lipinski definition) is 0. The van der Waals surface area contributed by atoms with Gasteiger partial charge in [-0.1, -0.05) is 18.2 Å². The first-order valence-corrected chi connectivity index (χ1v) is 6.25. The van der Waals surface area contributed by atoms with E-state index in [9.17, 15) is 0 Å². The van der Waals surface area contributed by atoms with Gasteiger partial charge in [-0.05, 0) is 11.4 Å². The third-order valence-corrected chi connectivity index (χ3v) is 2.72. The molecule has 1 heterocycles. The van der Waals surface area contributed by atoms with Crippen molar-refractivity contribution >= 4 is 0 Å². The molecular weight excluding hydrogens is 301 g/mol. The zero-order valence-corrected chi connectivity index (χ0v) is 12.4. The van der Waals surface area contributed by atoms with Gasteiger partial charge in [0.05, 0.1) is 0 Å². The molecule has 0 N–H and O–H groups in total. The molecule has 0 bridgehead atoms. The van der Waals surface area contributed by atoms with E-state index >= 15 is 0 Å². The van der Waals surface area contributed by atoms with Gasteiger partial charge >= 0.3 is 16.5 Å². The van der Waals surface area contributed by atoms with Gasteiger partial charge < -0.3 is 11.6 Å². The van der Waals surface area contributed by atoms with E-state index in [0.717, 1.165) is 22.5 Å². The monoisotopic (exact) mass is 314 g/mol. The molecular formula is C19H14NNi. The van der Waals surface area contributed by atoms with Gasteiger partial charge in [-0.3, -0.25) is 6.58 Å². The molecule has 105 valence electrons. The summed E-state index contributed by atoms with van der Waals surface area (Å²) in [4.78, 5) is 4.65. The van der Waals surface area contributed by atoms with E-state index in [1.165, 1.54) is 0 Å². The van der Waals surface area contributed by atoms with Crippen LogP contribution in [0.1, 0.15) is 0 Å². The van der Waals surface area contributed by atoms with Crippen LogP contribution >= 0.6 is 0 Å². The first kappa shape index (κ1) is 16.9. The van der Waals surface area contributed by atoms with Crippen molar-refractivity contribution in [2.45, 2.75) is 0 Å². The number of hydrogen-bond acceptors (Lipinski definition) is 1. The SMILES string of the molecule is [CH-]=C.[Ni+3].[c-]1ccccc1-c1cccc(-c2[c-]cccc2)n1. The topological polar surface area (TPSA) is 12.9 Å². The summed E-state index contributed by atoms with van der Waals surface area (Å²) in [5.41, 5.74) is 3.89. The van der Waals surface area contributed by atoms with E-state index < -0.39 is 0 Å². The summed E-state index contributed by atoms with van der Waals surface area (Å²) in [7, 11) is 0. The van der Waals surface area contributed by atoms with Crippen molar-refractivity contribution in [1.29, 1.82) is 0 Å². The van der Waals surface area contributed by atoms with Crippen LogP contribution in [0.3, 0.4) is 0 Å². The maximum absolute atomic E-state index is 4.65. The van der Waals surface area contributed by atoms with Gasteiger partial charge in [-0.15, -0.1) is 71.8 Å². The second kappa shape index (κ2) is 8.89. The Labute approximate surface area is 136 Å². The van der Waals surface area contributed by atoms with E-state index in [1.807, 2.05) is 66.7 Å². The van der Waals surface area contributed by atoms with Crippen LogP contribution in [0.15, 0.2) is 73.3 Å². The van der Waals surface area contributed by atoms with E-state index in [2.05, 4.69) is 30.3 Å². The Hall–Kier alpha value is -2.18. The van der Waals surface area contributed by atoms with Crippen LogP contribution in [0.5, 0.6) is 0 Å². The van der Waals surface area contributed by atoms with Gasteiger partial charge in [0.15, 0.2) is 0 Å². The molecule has 0 saturated carbocycles.